The maximum atomic E-state index is 13.5. The van der Waals surface area contributed by atoms with E-state index in [1.807, 2.05) is 212 Å². The van der Waals surface area contributed by atoms with Gasteiger partial charge in [-0.2, -0.15) is 0 Å². The summed E-state index contributed by atoms with van der Waals surface area (Å²) in [5.41, 5.74) is 29.1. The van der Waals surface area contributed by atoms with Gasteiger partial charge in [0.25, 0.3) is 17.7 Å². The third kappa shape index (κ3) is 18.3. The zero-order valence-electron chi connectivity index (χ0n) is 67.2. The predicted octanol–water partition coefficient (Wildman–Crippen LogP) is 10.6. The van der Waals surface area contributed by atoms with Crippen LogP contribution in [0.4, 0.5) is 26.7 Å². The number of likely N-dealkylation sites (N-methyl/N-ethyl adjacent to an activating group) is 1. The average Bonchev–Trinajstić information content (AvgIpc) is 1.58. The summed E-state index contributed by atoms with van der Waals surface area (Å²) < 4.78 is 0. The molecule has 27 nitrogen and oxygen atoms in total. The number of guanidine groups is 4. The maximum Gasteiger partial charge on any atom is 0.321 e. The van der Waals surface area contributed by atoms with Gasteiger partial charge in [-0.05, 0) is 153 Å². The number of urea groups is 2. The molecule has 15 rings (SSSR count). The monoisotopic (exact) mass is 1570 g/mol. The summed E-state index contributed by atoms with van der Waals surface area (Å²) in [5.74, 6) is 1.00. The highest BCUT2D eigenvalue weighted by atomic mass is 16.2. The van der Waals surface area contributed by atoms with E-state index in [0.717, 1.165) is 94.2 Å². The Bertz CT molecular complexity index is 5090. The highest BCUT2D eigenvalue weighted by Crippen LogP contribution is 2.42. The van der Waals surface area contributed by atoms with Gasteiger partial charge in [0.1, 0.15) is 0 Å². The number of para-hydroxylation sites is 1. The number of likely N-dealkylation sites (tertiary alicyclic amines) is 3. The summed E-state index contributed by atoms with van der Waals surface area (Å²) in [4.78, 5) is 130. The number of nitrogens with one attached hydrogen (secondary N) is 4. The van der Waals surface area contributed by atoms with Crippen molar-refractivity contribution in [2.75, 3.05) is 90.0 Å². The lowest BCUT2D eigenvalue weighted by atomic mass is 9.77. The van der Waals surface area contributed by atoms with Crippen molar-refractivity contribution in [3.63, 3.8) is 0 Å². The molecular weight excluding hydrogens is 1460 g/mol. The normalized spacial score (nSPS) is 22.8. The number of anilines is 3. The number of rotatable bonds is 14. The van der Waals surface area contributed by atoms with Gasteiger partial charge in [-0.15, -0.1) is 0 Å². The van der Waals surface area contributed by atoms with Gasteiger partial charge >= 0.3 is 12.1 Å². The molecule has 7 aliphatic heterocycles. The molecule has 0 aromatic heterocycles. The Balaban J connectivity index is 0.000000143. The molecule has 7 heterocycles. The van der Waals surface area contributed by atoms with Crippen LogP contribution >= 0.6 is 0 Å². The molecule has 604 valence electrons. The molecule has 0 radical (unpaired) electrons. The second-order valence-electron chi connectivity index (χ2n) is 31.2. The van der Waals surface area contributed by atoms with Gasteiger partial charge in [0.05, 0.1) is 29.6 Å². The lowest BCUT2D eigenvalue weighted by Gasteiger charge is -2.43. The van der Waals surface area contributed by atoms with E-state index in [0.29, 0.717) is 70.8 Å². The van der Waals surface area contributed by atoms with Crippen molar-refractivity contribution < 1.29 is 38.4 Å². The quantitative estimate of drug-likeness (QED) is 0.0503. The fourth-order valence-electron chi connectivity index (χ4n) is 16.2. The van der Waals surface area contributed by atoms with Crippen LogP contribution in [-0.2, 0) is 41.6 Å². The number of carbonyl (C=O) groups excluding carboxylic acids is 8. The summed E-state index contributed by atoms with van der Waals surface area (Å²) in [6.07, 6.45) is 5.93. The minimum Gasteiger partial charge on any atom is -0.381 e. The van der Waals surface area contributed by atoms with E-state index in [4.69, 9.17) is 22.9 Å². The smallest absolute Gasteiger partial charge is 0.321 e. The first-order chi connectivity index (χ1) is 55.6. The number of fused-ring (bicyclic) bond motifs is 1. The Morgan fingerprint density at radius 3 is 1.58 bits per heavy atom. The second kappa shape index (κ2) is 35.6. The van der Waals surface area contributed by atoms with Crippen LogP contribution in [0.5, 0.6) is 0 Å². The van der Waals surface area contributed by atoms with Gasteiger partial charge in [0.2, 0.25) is 17.7 Å². The average molecular weight is 1570 g/mol. The zero-order valence-corrected chi connectivity index (χ0v) is 67.2. The molecule has 12 N–H and O–H groups in total. The number of piperidine rings is 3. The standard InChI is InChI=1S/C26H31N5O3.C23H22N4O.C22H27N5O2.C18H25N5O2/c1-17(32)30-12-10-18(11-13-30)16-31-24(34)26(2,29-25(31)27)22-9-5-7-20(15-22)19-6-4-8-21(14-19)23(33)28-3;1-27-21(28)23(26-22(27)24,18-11-6-3-7-12-18)19-13-8-14-20(15-19)25-16-17-9-4-2-5-10-17;1-22(13-19(28)26(2)20(23)25-22)16-9-6-12-27(14-16)21(29)24-18-11-5-8-15-7-3-4-10-17(15)18;1-18(11-15(24)22(2)16(19)21-18)13-7-6-10-23(12-13)17(25)20-14-8-4-3-5-9-14/h4-9,14-15,18H,10-13,16H2,1-3H3,(H2,27,29)(H,28,33);2-15,25H,16H2,1H3,(H2,24,26);3-5,7-8,10-11,16H,6,9,12-14H2,1-2H3,(H2,23,25)(H,24,29);3-5,8-9,13H,6-7,10-12H2,1-2H3,(H2,19,21)(H,20,25)/t;;16?,22-;13?,18-/m..00/s1. The van der Waals surface area contributed by atoms with Crippen molar-refractivity contribution in [3.05, 3.63) is 234 Å². The van der Waals surface area contributed by atoms with Crippen LogP contribution in [0, 0.1) is 17.8 Å². The van der Waals surface area contributed by atoms with E-state index in [1.54, 1.807) is 57.9 Å². The number of benzene rings is 8. The fourth-order valence-corrected chi connectivity index (χ4v) is 16.2. The van der Waals surface area contributed by atoms with Crippen molar-refractivity contribution in [1.29, 1.82) is 0 Å². The number of aliphatic imine (C=N–C) groups is 4. The van der Waals surface area contributed by atoms with Gasteiger partial charge < -0.3 is 58.9 Å². The van der Waals surface area contributed by atoms with Crippen LogP contribution in [0.1, 0.15) is 112 Å². The van der Waals surface area contributed by atoms with E-state index in [-0.39, 0.29) is 89.1 Å². The molecule has 0 aliphatic carbocycles. The number of hydrogen-bond acceptors (Lipinski definition) is 17. The van der Waals surface area contributed by atoms with Crippen LogP contribution in [-0.4, -0.2) is 191 Å². The number of nitrogens with zero attached hydrogens (tertiary/aromatic N) is 11. The maximum absolute atomic E-state index is 13.5. The summed E-state index contributed by atoms with van der Waals surface area (Å²) in [6.45, 7) is 12.4. The zero-order chi connectivity index (χ0) is 82.6. The minimum atomic E-state index is -1.16. The molecule has 7 aliphatic rings. The lowest BCUT2D eigenvalue weighted by Crippen LogP contribution is -2.55. The number of amides is 10. The predicted molar refractivity (Wildman–Crippen MR) is 455 cm³/mol. The van der Waals surface area contributed by atoms with Crippen LogP contribution in [0.25, 0.3) is 21.9 Å². The molecule has 27 heteroatoms. The van der Waals surface area contributed by atoms with Crippen LogP contribution in [0.3, 0.4) is 0 Å². The van der Waals surface area contributed by atoms with E-state index < -0.39 is 22.2 Å². The number of carbonyl (C=O) groups is 8. The van der Waals surface area contributed by atoms with Crippen molar-refractivity contribution in [3.8, 4) is 11.1 Å². The van der Waals surface area contributed by atoms with Crippen molar-refractivity contribution in [2.24, 2.45) is 60.7 Å². The van der Waals surface area contributed by atoms with Gasteiger partial charge in [-0.1, -0.05) is 158 Å². The molecule has 0 spiro atoms. The van der Waals surface area contributed by atoms with E-state index in [9.17, 15) is 38.4 Å². The molecule has 116 heavy (non-hydrogen) atoms. The molecule has 6 atom stereocenters. The molecule has 0 saturated carbocycles. The first-order valence-corrected chi connectivity index (χ1v) is 39.4. The molecule has 4 unspecified atom stereocenters. The lowest BCUT2D eigenvalue weighted by molar-refractivity contribution is -0.133. The van der Waals surface area contributed by atoms with Gasteiger partial charge in [-0.25, -0.2) is 29.6 Å². The third-order valence-electron chi connectivity index (χ3n) is 23.4. The van der Waals surface area contributed by atoms with Crippen LogP contribution in [0.15, 0.2) is 226 Å². The van der Waals surface area contributed by atoms with E-state index >= 15 is 0 Å². The topological polar surface area (TPSA) is 361 Å². The third-order valence-corrected chi connectivity index (χ3v) is 23.4. The summed E-state index contributed by atoms with van der Waals surface area (Å²) >= 11 is 0. The Hall–Kier alpha value is -12.9. The minimum absolute atomic E-state index is 0.0270. The Morgan fingerprint density at radius 1 is 0.483 bits per heavy atom. The molecule has 8 aromatic carbocycles. The fraction of sp³-hybridized carbons (Fsp3) is 0.348. The first kappa shape index (κ1) is 82.5. The van der Waals surface area contributed by atoms with Gasteiger partial charge in [0.15, 0.2) is 34.9 Å². The second-order valence-corrected chi connectivity index (χ2v) is 31.2. The number of nitrogens with two attached hydrogens (primary N) is 4. The van der Waals surface area contributed by atoms with Gasteiger partial charge in [-0.3, -0.25) is 48.4 Å². The highest BCUT2D eigenvalue weighted by molar-refractivity contribution is 6.10. The summed E-state index contributed by atoms with van der Waals surface area (Å²) in [5, 5.41) is 14.2. The molecule has 10 amide bonds. The van der Waals surface area contributed by atoms with Crippen LogP contribution < -0.4 is 44.2 Å². The van der Waals surface area contributed by atoms with E-state index in [1.165, 1.54) is 20.3 Å². The van der Waals surface area contributed by atoms with Crippen LogP contribution in [0.2, 0.25) is 0 Å². The molecule has 0 bridgehead atoms. The van der Waals surface area contributed by atoms with E-state index in [2.05, 4.69) is 53.4 Å². The number of hydrogen-bond donors (Lipinski definition) is 8. The SMILES string of the molecule is CN1C(=O)C(c2ccccc2)(c2cccc(NCc3ccccc3)c2)N=C1N.CN1C(=O)C[C@@](C)(C2CCCN(C(=O)Nc3cccc4ccccc34)C2)N=C1N.CN1C(=O)C[C@@](C)(C2CCCN(C(=O)Nc3ccccc3)C2)N=C1N.CNC(=O)c1cccc(-c2cccc(C3(C)N=C(N)N(CC4CCN(C(C)=O)CC4)C3=O)c2)c1. The van der Waals surface area contributed by atoms with Crippen molar-refractivity contribution in [2.45, 2.75) is 108 Å². The van der Waals surface area contributed by atoms with Crippen molar-refractivity contribution in [1.82, 2.24) is 39.6 Å². The first-order valence-electron chi connectivity index (χ1n) is 39.4. The molecule has 3 saturated heterocycles. The molecule has 8 aromatic rings. The van der Waals surface area contributed by atoms with Gasteiger partial charge in [0, 0.05) is 122 Å². The summed E-state index contributed by atoms with van der Waals surface area (Å²) in [6, 6.07) is 65.6. The largest absolute Gasteiger partial charge is 0.381 e. The Labute approximate surface area is 677 Å². The van der Waals surface area contributed by atoms with Crippen molar-refractivity contribution >= 4 is 99.2 Å². The molecular formula is C89H105N19O8. The summed E-state index contributed by atoms with van der Waals surface area (Å²) in [7, 11) is 6.54. The molecule has 3 fully saturated rings. The Kier molecular flexibility index (Phi) is 25.3. The Morgan fingerprint density at radius 2 is 0.991 bits per heavy atom. The highest BCUT2D eigenvalue weighted by Gasteiger charge is 2.51.